The Labute approximate surface area is 207 Å². The number of aliphatic hydroxyl groups is 1. The van der Waals surface area contributed by atoms with Gasteiger partial charge >= 0.3 is 0 Å². The Morgan fingerprint density at radius 1 is 1.21 bits per heavy atom. The van der Waals surface area contributed by atoms with Gasteiger partial charge in [-0.2, -0.15) is 0 Å². The highest BCUT2D eigenvalue weighted by Gasteiger charge is 2.45. The van der Waals surface area contributed by atoms with E-state index in [1.807, 2.05) is 62.5 Å². The second-order valence-electron chi connectivity index (χ2n) is 8.53. The first-order chi connectivity index (χ1) is 16.3. The predicted octanol–water partition coefficient (Wildman–Crippen LogP) is 5.88. The lowest BCUT2D eigenvalue weighted by atomic mass is 9.98. The maximum atomic E-state index is 13.8. The van der Waals surface area contributed by atoms with Crippen LogP contribution in [-0.4, -0.2) is 45.9 Å². The van der Waals surface area contributed by atoms with Gasteiger partial charge < -0.3 is 14.7 Å². The lowest BCUT2D eigenvalue weighted by Gasteiger charge is -2.26. The standard InChI is InChI=1S/C26H28N2O4S2/c1-15(2)32-13-8-12-28-20(23-16(3)11-14-33-23)19(22(30)26(28)31)21(29)24-17(4)27-25(34-24)18-9-6-5-7-10-18/h5-7,9-11,14-15,20,30H,8,12-13H2,1-4H3. The Morgan fingerprint density at radius 3 is 2.59 bits per heavy atom. The predicted molar refractivity (Wildman–Crippen MR) is 135 cm³/mol. The van der Waals surface area contributed by atoms with Crippen molar-refractivity contribution in [1.82, 2.24) is 9.88 Å². The van der Waals surface area contributed by atoms with E-state index in [2.05, 4.69) is 4.98 Å². The molecule has 1 atom stereocenters. The number of aromatic nitrogens is 1. The molecule has 1 aliphatic rings. The van der Waals surface area contributed by atoms with Crippen LogP contribution in [0, 0.1) is 13.8 Å². The molecule has 6 nitrogen and oxygen atoms in total. The van der Waals surface area contributed by atoms with E-state index in [4.69, 9.17) is 4.74 Å². The fourth-order valence-corrected chi connectivity index (χ4v) is 6.11. The lowest BCUT2D eigenvalue weighted by molar-refractivity contribution is -0.129. The van der Waals surface area contributed by atoms with Crippen molar-refractivity contribution in [2.24, 2.45) is 0 Å². The molecular formula is C26H28N2O4S2. The Kier molecular flexibility index (Phi) is 7.30. The number of ether oxygens (including phenoxy) is 1. The Hall–Kier alpha value is -2.81. The first-order valence-corrected chi connectivity index (χ1v) is 13.0. The van der Waals surface area contributed by atoms with Gasteiger partial charge in [-0.15, -0.1) is 22.7 Å². The number of aryl methyl sites for hydroxylation is 2. The summed E-state index contributed by atoms with van der Waals surface area (Å²) in [7, 11) is 0. The number of thiophene rings is 1. The van der Waals surface area contributed by atoms with Crippen LogP contribution in [0.5, 0.6) is 0 Å². The number of hydrogen-bond donors (Lipinski definition) is 1. The Bertz CT molecular complexity index is 1230. The van der Waals surface area contributed by atoms with Gasteiger partial charge in [-0.1, -0.05) is 30.3 Å². The van der Waals surface area contributed by atoms with Crippen LogP contribution in [0.1, 0.15) is 52.1 Å². The van der Waals surface area contributed by atoms with Gasteiger partial charge in [0.15, 0.2) is 5.76 Å². The summed E-state index contributed by atoms with van der Waals surface area (Å²) in [5.74, 6) is -1.33. The molecular weight excluding hydrogens is 468 g/mol. The van der Waals surface area contributed by atoms with Crippen molar-refractivity contribution in [2.75, 3.05) is 13.2 Å². The summed E-state index contributed by atoms with van der Waals surface area (Å²) in [5.41, 5.74) is 2.63. The van der Waals surface area contributed by atoms with Crippen molar-refractivity contribution in [3.8, 4) is 10.6 Å². The molecule has 0 bridgehead atoms. The van der Waals surface area contributed by atoms with Gasteiger partial charge in [0, 0.05) is 23.6 Å². The molecule has 34 heavy (non-hydrogen) atoms. The lowest BCUT2D eigenvalue weighted by Crippen LogP contribution is -2.32. The fourth-order valence-electron chi connectivity index (χ4n) is 4.04. The minimum atomic E-state index is -0.624. The van der Waals surface area contributed by atoms with Gasteiger partial charge in [-0.05, 0) is 51.1 Å². The molecule has 2 aromatic heterocycles. The van der Waals surface area contributed by atoms with Gasteiger partial charge in [-0.25, -0.2) is 4.98 Å². The largest absolute Gasteiger partial charge is 0.503 e. The van der Waals surface area contributed by atoms with Crippen LogP contribution >= 0.6 is 22.7 Å². The molecule has 3 heterocycles. The maximum absolute atomic E-state index is 13.8. The summed E-state index contributed by atoms with van der Waals surface area (Å²) in [4.78, 5) is 34.5. The summed E-state index contributed by atoms with van der Waals surface area (Å²) < 4.78 is 5.63. The second kappa shape index (κ2) is 10.2. The summed E-state index contributed by atoms with van der Waals surface area (Å²) in [6.07, 6.45) is 0.707. The van der Waals surface area contributed by atoms with Crippen molar-refractivity contribution < 1.29 is 19.4 Å². The molecule has 0 spiro atoms. The zero-order chi connectivity index (χ0) is 24.4. The van der Waals surface area contributed by atoms with Crippen molar-refractivity contribution in [2.45, 2.75) is 46.3 Å². The van der Waals surface area contributed by atoms with Gasteiger partial charge in [0.1, 0.15) is 5.01 Å². The zero-order valence-electron chi connectivity index (χ0n) is 19.7. The van der Waals surface area contributed by atoms with E-state index in [9.17, 15) is 14.7 Å². The van der Waals surface area contributed by atoms with Crippen LogP contribution in [0.2, 0.25) is 0 Å². The fraction of sp³-hybridized carbons (Fsp3) is 0.346. The van der Waals surface area contributed by atoms with E-state index < -0.39 is 17.7 Å². The summed E-state index contributed by atoms with van der Waals surface area (Å²) in [6.45, 7) is 8.55. The number of rotatable bonds is 9. The van der Waals surface area contributed by atoms with Gasteiger partial charge in [0.25, 0.3) is 5.91 Å². The Morgan fingerprint density at radius 2 is 1.94 bits per heavy atom. The first-order valence-electron chi connectivity index (χ1n) is 11.3. The molecule has 8 heteroatoms. The van der Waals surface area contributed by atoms with E-state index in [0.29, 0.717) is 30.1 Å². The van der Waals surface area contributed by atoms with Crippen LogP contribution in [-0.2, 0) is 9.53 Å². The zero-order valence-corrected chi connectivity index (χ0v) is 21.3. The number of Topliss-reactive ketones (excluding diaryl/α,β-unsaturated/α-hetero) is 1. The normalized spacial score (nSPS) is 16.2. The van der Waals surface area contributed by atoms with Crippen molar-refractivity contribution in [3.63, 3.8) is 0 Å². The smallest absolute Gasteiger partial charge is 0.290 e. The quantitative estimate of drug-likeness (QED) is 0.295. The molecule has 1 unspecified atom stereocenters. The molecule has 0 aliphatic carbocycles. The number of thiazole rings is 1. The van der Waals surface area contributed by atoms with Crippen LogP contribution in [0.15, 0.2) is 53.1 Å². The molecule has 0 fully saturated rings. The molecule has 1 aliphatic heterocycles. The highest BCUT2D eigenvalue weighted by molar-refractivity contribution is 7.17. The second-order valence-corrected chi connectivity index (χ2v) is 10.5. The molecule has 0 saturated heterocycles. The maximum Gasteiger partial charge on any atom is 0.290 e. The molecule has 4 rings (SSSR count). The number of ketones is 1. The number of amides is 1. The molecule has 0 radical (unpaired) electrons. The first kappa shape index (κ1) is 24.3. The van der Waals surface area contributed by atoms with Gasteiger partial charge in [-0.3, -0.25) is 9.59 Å². The third-order valence-electron chi connectivity index (χ3n) is 5.72. The SMILES string of the molecule is Cc1ccsc1C1C(C(=O)c2sc(-c3ccccc3)nc2C)=C(O)C(=O)N1CCCOC(C)C. The minimum absolute atomic E-state index is 0.0985. The summed E-state index contributed by atoms with van der Waals surface area (Å²) in [5, 5.41) is 13.6. The topological polar surface area (TPSA) is 79.7 Å². The third-order valence-corrected chi connectivity index (χ3v) is 7.99. The van der Waals surface area contributed by atoms with E-state index in [1.54, 1.807) is 11.8 Å². The number of carbonyl (C=O) groups is 2. The highest BCUT2D eigenvalue weighted by atomic mass is 32.1. The minimum Gasteiger partial charge on any atom is -0.503 e. The highest BCUT2D eigenvalue weighted by Crippen LogP contribution is 2.43. The van der Waals surface area contributed by atoms with Crippen molar-refractivity contribution in [1.29, 1.82) is 0 Å². The average molecular weight is 497 g/mol. The number of aliphatic hydroxyl groups excluding tert-OH is 1. The number of hydrogen-bond acceptors (Lipinski definition) is 7. The number of carbonyl (C=O) groups excluding carboxylic acids is 2. The average Bonchev–Trinajstić information content (AvgIpc) is 3.48. The van der Waals surface area contributed by atoms with Crippen LogP contribution in [0.25, 0.3) is 10.6 Å². The molecule has 1 N–H and O–H groups in total. The molecule has 3 aromatic rings. The molecule has 178 valence electrons. The molecule has 1 amide bonds. The molecule has 1 aromatic carbocycles. The van der Waals surface area contributed by atoms with Crippen LogP contribution < -0.4 is 0 Å². The number of benzene rings is 1. The number of nitrogens with zero attached hydrogens (tertiary/aromatic N) is 2. The monoisotopic (exact) mass is 496 g/mol. The van der Waals surface area contributed by atoms with E-state index in [1.165, 1.54) is 22.7 Å². The third kappa shape index (κ3) is 4.71. The van der Waals surface area contributed by atoms with Gasteiger partial charge in [0.2, 0.25) is 5.78 Å². The van der Waals surface area contributed by atoms with Crippen LogP contribution in [0.4, 0.5) is 0 Å². The van der Waals surface area contributed by atoms with Crippen LogP contribution in [0.3, 0.4) is 0 Å². The summed E-state index contributed by atoms with van der Waals surface area (Å²) in [6, 6.07) is 11.0. The molecule has 0 saturated carbocycles. The van der Waals surface area contributed by atoms with E-state index in [-0.39, 0.29) is 17.5 Å². The van der Waals surface area contributed by atoms with Crippen molar-refractivity contribution >= 4 is 34.4 Å². The summed E-state index contributed by atoms with van der Waals surface area (Å²) >= 11 is 2.77. The van der Waals surface area contributed by atoms with E-state index >= 15 is 0 Å². The van der Waals surface area contributed by atoms with Gasteiger partial charge in [0.05, 0.1) is 28.3 Å². The van der Waals surface area contributed by atoms with E-state index in [0.717, 1.165) is 21.0 Å². The van der Waals surface area contributed by atoms with Crippen molar-refractivity contribution in [3.05, 3.63) is 74.1 Å². The Balaban J connectivity index is 1.69.